The van der Waals surface area contributed by atoms with E-state index in [2.05, 4.69) is 10.6 Å². The van der Waals surface area contributed by atoms with Crippen molar-refractivity contribution in [2.75, 3.05) is 5.32 Å². The molecular weight excluding hydrogens is 376 g/mol. The summed E-state index contributed by atoms with van der Waals surface area (Å²) >= 11 is 0. The monoisotopic (exact) mass is 396 g/mol. The van der Waals surface area contributed by atoms with Crippen LogP contribution >= 0.6 is 0 Å². The molecule has 0 spiro atoms. The number of fused-ring (bicyclic) bond motifs is 1. The standard InChI is InChI=1S/C25H20N2O3/c28-22(26-15-14-17-6-2-1-3-7-17)16-18-10-12-19(13-11-18)23-24(29)20-8-4-5-9-21(20)27-25(23)30/h1-15,23H,16H2,(H,26,28)(H,27,30). The third-order valence-corrected chi connectivity index (χ3v) is 4.97. The van der Waals surface area contributed by atoms with Crippen molar-refractivity contribution in [3.63, 3.8) is 0 Å². The van der Waals surface area contributed by atoms with E-state index in [9.17, 15) is 14.4 Å². The van der Waals surface area contributed by atoms with Crippen LogP contribution in [-0.4, -0.2) is 17.6 Å². The van der Waals surface area contributed by atoms with Gasteiger partial charge in [-0.3, -0.25) is 14.4 Å². The van der Waals surface area contributed by atoms with Crippen molar-refractivity contribution in [2.24, 2.45) is 0 Å². The van der Waals surface area contributed by atoms with E-state index in [1.165, 1.54) is 0 Å². The lowest BCUT2D eigenvalue weighted by atomic mass is 9.86. The molecule has 0 bridgehead atoms. The van der Waals surface area contributed by atoms with Crippen LogP contribution in [0.25, 0.3) is 6.08 Å². The Hall–Kier alpha value is -3.99. The summed E-state index contributed by atoms with van der Waals surface area (Å²) in [5.74, 6) is -1.58. The van der Waals surface area contributed by atoms with Gasteiger partial charge in [-0.25, -0.2) is 0 Å². The van der Waals surface area contributed by atoms with Crippen molar-refractivity contribution < 1.29 is 14.4 Å². The molecule has 0 saturated heterocycles. The number of carbonyl (C=O) groups is 3. The Bertz CT molecular complexity index is 1120. The maximum absolute atomic E-state index is 12.8. The van der Waals surface area contributed by atoms with E-state index in [4.69, 9.17) is 0 Å². The molecule has 148 valence electrons. The number of anilines is 1. The summed E-state index contributed by atoms with van der Waals surface area (Å²) in [4.78, 5) is 37.4. The zero-order valence-corrected chi connectivity index (χ0v) is 16.2. The molecule has 5 heteroatoms. The average molecular weight is 396 g/mol. The van der Waals surface area contributed by atoms with Crippen molar-refractivity contribution in [2.45, 2.75) is 12.3 Å². The second-order valence-corrected chi connectivity index (χ2v) is 7.06. The number of carbonyl (C=O) groups excluding carboxylic acids is 3. The van der Waals surface area contributed by atoms with Crippen LogP contribution in [0.3, 0.4) is 0 Å². The average Bonchev–Trinajstić information content (AvgIpc) is 2.76. The largest absolute Gasteiger partial charge is 0.332 e. The second kappa shape index (κ2) is 8.57. The first-order valence-corrected chi connectivity index (χ1v) is 9.66. The first-order chi connectivity index (χ1) is 14.6. The molecule has 1 heterocycles. The molecule has 1 atom stereocenters. The fourth-order valence-corrected chi connectivity index (χ4v) is 3.45. The van der Waals surface area contributed by atoms with Crippen LogP contribution < -0.4 is 10.6 Å². The van der Waals surface area contributed by atoms with Crippen LogP contribution in [0.15, 0.2) is 85.1 Å². The first-order valence-electron chi connectivity index (χ1n) is 9.66. The molecule has 3 aromatic carbocycles. The summed E-state index contributed by atoms with van der Waals surface area (Å²) in [6.45, 7) is 0. The quantitative estimate of drug-likeness (QED) is 0.642. The topological polar surface area (TPSA) is 75.3 Å². The smallest absolute Gasteiger partial charge is 0.239 e. The lowest BCUT2D eigenvalue weighted by molar-refractivity contribution is -0.119. The van der Waals surface area contributed by atoms with Gasteiger partial charge in [0.15, 0.2) is 5.78 Å². The summed E-state index contributed by atoms with van der Waals surface area (Å²) in [7, 11) is 0. The molecule has 0 aliphatic carbocycles. The number of amides is 2. The highest BCUT2D eigenvalue weighted by Gasteiger charge is 2.35. The Morgan fingerprint density at radius 2 is 1.60 bits per heavy atom. The molecule has 0 fully saturated rings. The normalized spacial score (nSPS) is 15.5. The van der Waals surface area contributed by atoms with E-state index >= 15 is 0 Å². The Balaban J connectivity index is 1.41. The third-order valence-electron chi connectivity index (χ3n) is 4.97. The highest BCUT2D eigenvalue weighted by molar-refractivity contribution is 6.24. The van der Waals surface area contributed by atoms with Crippen molar-refractivity contribution in [1.29, 1.82) is 0 Å². The number of para-hydroxylation sites is 1. The van der Waals surface area contributed by atoms with Gasteiger partial charge in [0.1, 0.15) is 5.92 Å². The molecule has 1 aliphatic heterocycles. The Kier molecular flexibility index (Phi) is 5.52. The van der Waals surface area contributed by atoms with Gasteiger partial charge >= 0.3 is 0 Å². The molecule has 0 radical (unpaired) electrons. The molecule has 30 heavy (non-hydrogen) atoms. The van der Waals surface area contributed by atoms with Crippen LogP contribution in [0, 0.1) is 0 Å². The summed E-state index contributed by atoms with van der Waals surface area (Å²) in [6, 6.07) is 23.7. The summed E-state index contributed by atoms with van der Waals surface area (Å²) in [5.41, 5.74) is 3.46. The summed E-state index contributed by atoms with van der Waals surface area (Å²) < 4.78 is 0. The van der Waals surface area contributed by atoms with E-state index in [1.54, 1.807) is 54.7 Å². The summed E-state index contributed by atoms with van der Waals surface area (Å²) in [5, 5.41) is 5.54. The molecular formula is C25H20N2O3. The van der Waals surface area contributed by atoms with E-state index in [0.717, 1.165) is 11.1 Å². The van der Waals surface area contributed by atoms with Crippen LogP contribution in [0.1, 0.15) is 33.0 Å². The predicted octanol–water partition coefficient (Wildman–Crippen LogP) is 3.93. The van der Waals surface area contributed by atoms with Crippen LogP contribution in [0.5, 0.6) is 0 Å². The summed E-state index contributed by atoms with van der Waals surface area (Å²) in [6.07, 6.45) is 3.65. The van der Waals surface area contributed by atoms with Gasteiger partial charge in [0.2, 0.25) is 11.8 Å². The van der Waals surface area contributed by atoms with Gasteiger partial charge in [0, 0.05) is 11.8 Å². The van der Waals surface area contributed by atoms with Gasteiger partial charge in [-0.1, -0.05) is 66.7 Å². The first kappa shape index (κ1) is 19.3. The van der Waals surface area contributed by atoms with E-state index in [1.807, 2.05) is 36.4 Å². The Morgan fingerprint density at radius 1 is 0.900 bits per heavy atom. The molecule has 2 amide bonds. The fourth-order valence-electron chi connectivity index (χ4n) is 3.45. The molecule has 3 aromatic rings. The molecule has 5 nitrogen and oxygen atoms in total. The number of Topliss-reactive ketones (excluding diaryl/α,β-unsaturated/α-hetero) is 1. The molecule has 4 rings (SSSR count). The zero-order chi connectivity index (χ0) is 20.9. The van der Waals surface area contributed by atoms with E-state index < -0.39 is 5.92 Å². The van der Waals surface area contributed by atoms with Gasteiger partial charge in [0.25, 0.3) is 0 Å². The van der Waals surface area contributed by atoms with Crippen LogP contribution in [0.2, 0.25) is 0 Å². The fraction of sp³-hybridized carbons (Fsp3) is 0.0800. The lowest BCUT2D eigenvalue weighted by Gasteiger charge is -2.23. The van der Waals surface area contributed by atoms with E-state index in [0.29, 0.717) is 16.8 Å². The second-order valence-electron chi connectivity index (χ2n) is 7.06. The minimum atomic E-state index is -0.878. The number of nitrogens with one attached hydrogen (secondary N) is 2. The molecule has 1 unspecified atom stereocenters. The SMILES string of the molecule is O=C(Cc1ccc(C2C(=O)Nc3ccccc3C2=O)cc1)NC=Cc1ccccc1. The molecule has 2 N–H and O–H groups in total. The van der Waals surface area contributed by atoms with Crippen molar-refractivity contribution in [3.05, 3.63) is 107 Å². The Labute approximate surface area is 174 Å². The van der Waals surface area contributed by atoms with Crippen LogP contribution in [-0.2, 0) is 16.0 Å². The number of rotatable bonds is 5. The van der Waals surface area contributed by atoms with Crippen molar-refractivity contribution >= 4 is 29.4 Å². The predicted molar refractivity (Wildman–Crippen MR) is 116 cm³/mol. The van der Waals surface area contributed by atoms with Gasteiger partial charge in [-0.2, -0.15) is 0 Å². The number of hydrogen-bond acceptors (Lipinski definition) is 3. The van der Waals surface area contributed by atoms with Crippen molar-refractivity contribution in [1.82, 2.24) is 5.32 Å². The number of benzene rings is 3. The molecule has 0 saturated carbocycles. The number of ketones is 1. The van der Waals surface area contributed by atoms with Crippen molar-refractivity contribution in [3.8, 4) is 0 Å². The minimum Gasteiger partial charge on any atom is -0.332 e. The minimum absolute atomic E-state index is 0.143. The highest BCUT2D eigenvalue weighted by Crippen LogP contribution is 2.31. The molecule has 1 aliphatic rings. The lowest BCUT2D eigenvalue weighted by Crippen LogP contribution is -2.33. The third kappa shape index (κ3) is 4.20. The van der Waals surface area contributed by atoms with Gasteiger partial charge in [-0.15, -0.1) is 0 Å². The van der Waals surface area contributed by atoms with Gasteiger partial charge in [0.05, 0.1) is 12.1 Å². The van der Waals surface area contributed by atoms with Crippen LogP contribution in [0.4, 0.5) is 5.69 Å². The maximum atomic E-state index is 12.8. The van der Waals surface area contributed by atoms with Gasteiger partial charge in [-0.05, 0) is 34.9 Å². The number of hydrogen-bond donors (Lipinski definition) is 2. The van der Waals surface area contributed by atoms with Gasteiger partial charge < -0.3 is 10.6 Å². The highest BCUT2D eigenvalue weighted by atomic mass is 16.2. The molecule has 0 aromatic heterocycles. The maximum Gasteiger partial charge on any atom is 0.239 e. The van der Waals surface area contributed by atoms with E-state index in [-0.39, 0.29) is 24.0 Å². The Morgan fingerprint density at radius 3 is 2.37 bits per heavy atom. The zero-order valence-electron chi connectivity index (χ0n) is 16.2.